The summed E-state index contributed by atoms with van der Waals surface area (Å²) in [6, 6.07) is 7.83. The number of methoxy groups -OCH3 is 1. The van der Waals surface area contributed by atoms with Crippen LogP contribution < -0.4 is 9.64 Å². The number of hydrogen-bond donors (Lipinski definition) is 1. The van der Waals surface area contributed by atoms with Crippen molar-refractivity contribution in [1.29, 1.82) is 0 Å². The zero-order chi connectivity index (χ0) is 14.5. The Labute approximate surface area is 115 Å². The van der Waals surface area contributed by atoms with E-state index in [2.05, 4.69) is 4.90 Å². The predicted molar refractivity (Wildman–Crippen MR) is 76.9 cm³/mol. The molecule has 0 aliphatic rings. The molecule has 1 aromatic rings. The van der Waals surface area contributed by atoms with Gasteiger partial charge in [0, 0.05) is 13.6 Å². The smallest absolute Gasteiger partial charge is 0.309 e. The van der Waals surface area contributed by atoms with Crippen molar-refractivity contribution in [3.63, 3.8) is 0 Å². The molecule has 0 radical (unpaired) electrons. The van der Waals surface area contributed by atoms with Gasteiger partial charge in [0.1, 0.15) is 5.75 Å². The van der Waals surface area contributed by atoms with Gasteiger partial charge in [-0.25, -0.2) is 0 Å². The Hall–Kier alpha value is -1.71. The molecule has 1 aromatic carbocycles. The van der Waals surface area contributed by atoms with E-state index in [4.69, 9.17) is 9.84 Å². The van der Waals surface area contributed by atoms with E-state index in [1.165, 1.54) is 0 Å². The van der Waals surface area contributed by atoms with Crippen molar-refractivity contribution in [2.45, 2.75) is 26.7 Å². The number of para-hydroxylation sites is 2. The third-order valence-electron chi connectivity index (χ3n) is 3.37. The van der Waals surface area contributed by atoms with E-state index in [9.17, 15) is 4.79 Å². The van der Waals surface area contributed by atoms with E-state index in [1.807, 2.05) is 31.3 Å². The molecule has 0 spiro atoms. The van der Waals surface area contributed by atoms with Gasteiger partial charge in [0.2, 0.25) is 0 Å². The summed E-state index contributed by atoms with van der Waals surface area (Å²) < 4.78 is 5.32. The van der Waals surface area contributed by atoms with E-state index in [0.29, 0.717) is 6.42 Å². The van der Waals surface area contributed by atoms with Crippen LogP contribution in [0.15, 0.2) is 24.3 Å². The fourth-order valence-electron chi connectivity index (χ4n) is 1.93. The molecule has 0 heterocycles. The van der Waals surface area contributed by atoms with Crippen LogP contribution in [-0.4, -0.2) is 31.8 Å². The minimum atomic E-state index is -0.743. The lowest BCUT2D eigenvalue weighted by atomic mass is 9.88. The number of benzene rings is 1. The van der Waals surface area contributed by atoms with Gasteiger partial charge in [-0.05, 0) is 38.8 Å². The van der Waals surface area contributed by atoms with Gasteiger partial charge in [-0.15, -0.1) is 0 Å². The van der Waals surface area contributed by atoms with Crippen LogP contribution in [0.4, 0.5) is 5.69 Å². The third kappa shape index (κ3) is 4.16. The van der Waals surface area contributed by atoms with Crippen molar-refractivity contribution in [2.75, 3.05) is 25.6 Å². The molecule has 19 heavy (non-hydrogen) atoms. The van der Waals surface area contributed by atoms with Crippen LogP contribution in [0.1, 0.15) is 26.7 Å². The van der Waals surface area contributed by atoms with E-state index >= 15 is 0 Å². The summed E-state index contributed by atoms with van der Waals surface area (Å²) in [6.07, 6.45) is 1.48. The summed E-state index contributed by atoms with van der Waals surface area (Å²) in [5.41, 5.74) is 0.361. The first-order valence-electron chi connectivity index (χ1n) is 6.46. The van der Waals surface area contributed by atoms with Crippen molar-refractivity contribution in [3.8, 4) is 5.75 Å². The van der Waals surface area contributed by atoms with Gasteiger partial charge in [0.05, 0.1) is 18.2 Å². The second-order valence-corrected chi connectivity index (χ2v) is 5.39. The molecule has 0 aliphatic heterocycles. The normalized spacial score (nSPS) is 11.2. The maximum atomic E-state index is 11.0. The number of nitrogens with zero attached hydrogens (tertiary/aromatic N) is 1. The first-order valence-corrected chi connectivity index (χ1v) is 6.46. The highest BCUT2D eigenvalue weighted by atomic mass is 16.5. The molecule has 0 bridgehead atoms. The fourth-order valence-corrected chi connectivity index (χ4v) is 1.93. The maximum Gasteiger partial charge on any atom is 0.309 e. The molecule has 0 unspecified atom stereocenters. The van der Waals surface area contributed by atoms with Crippen LogP contribution in [0.25, 0.3) is 0 Å². The quantitative estimate of drug-likeness (QED) is 0.823. The highest BCUT2D eigenvalue weighted by Gasteiger charge is 2.26. The lowest BCUT2D eigenvalue weighted by molar-refractivity contribution is -0.147. The summed E-state index contributed by atoms with van der Waals surface area (Å²) in [6.45, 7) is 4.33. The molecule has 0 aromatic heterocycles. The van der Waals surface area contributed by atoms with Crippen molar-refractivity contribution in [3.05, 3.63) is 24.3 Å². The van der Waals surface area contributed by atoms with Gasteiger partial charge in [-0.2, -0.15) is 0 Å². The Morgan fingerprint density at radius 1 is 1.37 bits per heavy atom. The molecule has 106 valence electrons. The average molecular weight is 265 g/mol. The molecule has 0 aliphatic carbocycles. The van der Waals surface area contributed by atoms with Crippen LogP contribution in [0.3, 0.4) is 0 Å². The molecule has 0 atom stereocenters. The highest BCUT2D eigenvalue weighted by Crippen LogP contribution is 2.28. The monoisotopic (exact) mass is 265 g/mol. The van der Waals surface area contributed by atoms with Crippen molar-refractivity contribution >= 4 is 11.7 Å². The van der Waals surface area contributed by atoms with Gasteiger partial charge in [-0.1, -0.05) is 12.1 Å². The van der Waals surface area contributed by atoms with Crippen LogP contribution in [0, 0.1) is 5.41 Å². The molecular formula is C15H23NO3. The summed E-state index contributed by atoms with van der Waals surface area (Å²) in [5, 5.41) is 9.07. The van der Waals surface area contributed by atoms with E-state index < -0.39 is 11.4 Å². The van der Waals surface area contributed by atoms with E-state index in [0.717, 1.165) is 24.4 Å². The summed E-state index contributed by atoms with van der Waals surface area (Å²) in [7, 11) is 3.64. The number of hydrogen-bond acceptors (Lipinski definition) is 3. The largest absolute Gasteiger partial charge is 0.495 e. The number of rotatable bonds is 7. The maximum absolute atomic E-state index is 11.0. The third-order valence-corrected chi connectivity index (χ3v) is 3.37. The first kappa shape index (κ1) is 15.3. The zero-order valence-corrected chi connectivity index (χ0v) is 12.1. The molecule has 1 rings (SSSR count). The minimum absolute atomic E-state index is 0.655. The Morgan fingerprint density at radius 2 is 2.00 bits per heavy atom. The lowest BCUT2D eigenvalue weighted by Crippen LogP contribution is -2.26. The van der Waals surface area contributed by atoms with E-state index in [-0.39, 0.29) is 0 Å². The van der Waals surface area contributed by atoms with Gasteiger partial charge >= 0.3 is 5.97 Å². The Bertz CT molecular complexity index is 429. The number of anilines is 1. The summed E-state index contributed by atoms with van der Waals surface area (Å²) in [4.78, 5) is 13.1. The van der Waals surface area contributed by atoms with E-state index in [1.54, 1.807) is 21.0 Å². The number of carboxylic acids is 1. The second kappa shape index (κ2) is 6.45. The topological polar surface area (TPSA) is 49.8 Å². The SMILES string of the molecule is COc1ccccc1N(C)CCCC(C)(C)C(=O)O. The minimum Gasteiger partial charge on any atom is -0.495 e. The molecular weight excluding hydrogens is 242 g/mol. The average Bonchev–Trinajstić information content (AvgIpc) is 2.38. The predicted octanol–water partition coefficient (Wildman–Crippen LogP) is 3.02. The summed E-state index contributed by atoms with van der Waals surface area (Å²) in [5.74, 6) is 0.0925. The van der Waals surface area contributed by atoms with Gasteiger partial charge in [-0.3, -0.25) is 4.79 Å². The number of aliphatic carboxylic acids is 1. The first-order chi connectivity index (χ1) is 8.88. The highest BCUT2D eigenvalue weighted by molar-refractivity contribution is 5.73. The zero-order valence-electron chi connectivity index (χ0n) is 12.1. The van der Waals surface area contributed by atoms with Gasteiger partial charge in [0.25, 0.3) is 0 Å². The second-order valence-electron chi connectivity index (χ2n) is 5.39. The standard InChI is InChI=1S/C15H23NO3/c1-15(2,14(17)18)10-7-11-16(3)12-8-5-6-9-13(12)19-4/h5-6,8-9H,7,10-11H2,1-4H3,(H,17,18). The van der Waals surface area contributed by atoms with Gasteiger partial charge in [0.15, 0.2) is 0 Å². The van der Waals surface area contributed by atoms with Crippen molar-refractivity contribution < 1.29 is 14.6 Å². The number of carboxylic acid groups (broad SMARTS) is 1. The molecule has 0 saturated carbocycles. The Balaban J connectivity index is 2.56. The summed E-state index contributed by atoms with van der Waals surface area (Å²) >= 11 is 0. The van der Waals surface area contributed by atoms with Crippen LogP contribution in [0.5, 0.6) is 5.75 Å². The Morgan fingerprint density at radius 3 is 2.58 bits per heavy atom. The van der Waals surface area contributed by atoms with Gasteiger partial charge < -0.3 is 14.7 Å². The fraction of sp³-hybridized carbons (Fsp3) is 0.533. The number of carbonyl (C=O) groups is 1. The van der Waals surface area contributed by atoms with Crippen molar-refractivity contribution in [2.24, 2.45) is 5.41 Å². The van der Waals surface area contributed by atoms with Crippen LogP contribution in [-0.2, 0) is 4.79 Å². The number of ether oxygens (including phenoxy) is 1. The Kier molecular flexibility index (Phi) is 5.21. The van der Waals surface area contributed by atoms with Crippen LogP contribution in [0.2, 0.25) is 0 Å². The molecule has 0 saturated heterocycles. The molecule has 1 N–H and O–H groups in total. The molecule has 0 fully saturated rings. The lowest BCUT2D eigenvalue weighted by Gasteiger charge is -2.24. The van der Waals surface area contributed by atoms with Crippen LogP contribution >= 0.6 is 0 Å². The molecule has 4 heteroatoms. The molecule has 0 amide bonds. The van der Waals surface area contributed by atoms with Crippen molar-refractivity contribution in [1.82, 2.24) is 0 Å². The molecule has 4 nitrogen and oxygen atoms in total.